The Hall–Kier alpha value is -2.36. The molecule has 1 aliphatic heterocycles. The van der Waals surface area contributed by atoms with Crippen LogP contribution in [-0.4, -0.2) is 18.2 Å². The van der Waals surface area contributed by atoms with E-state index in [0.29, 0.717) is 17.7 Å². The summed E-state index contributed by atoms with van der Waals surface area (Å²) in [6.45, 7) is 0.676. The first-order valence-corrected chi connectivity index (χ1v) is 6.25. The second-order valence-corrected chi connectivity index (χ2v) is 4.54. The molecule has 1 aliphatic rings. The number of amides is 1. The molecule has 1 aromatic heterocycles. The molecule has 0 spiro atoms. The Morgan fingerprint density at radius 2 is 2.16 bits per heavy atom. The van der Waals surface area contributed by atoms with Crippen LogP contribution in [-0.2, 0) is 6.42 Å². The molecular formula is C15H13NO3. The summed E-state index contributed by atoms with van der Waals surface area (Å²) >= 11 is 0. The van der Waals surface area contributed by atoms with Gasteiger partial charge in [-0.15, -0.1) is 0 Å². The Morgan fingerprint density at radius 3 is 2.95 bits per heavy atom. The maximum atomic E-state index is 12.2. The van der Waals surface area contributed by atoms with Gasteiger partial charge in [-0.3, -0.25) is 9.59 Å². The third kappa shape index (κ3) is 2.17. The number of carbonyl (C=O) groups is 2. The van der Waals surface area contributed by atoms with Crippen LogP contribution in [0.15, 0.2) is 41.0 Å². The minimum Gasteiger partial charge on any atom is -0.461 e. The van der Waals surface area contributed by atoms with Crippen LogP contribution >= 0.6 is 0 Å². The molecule has 1 N–H and O–H groups in total. The van der Waals surface area contributed by atoms with Crippen molar-refractivity contribution in [3.63, 3.8) is 0 Å². The Balaban J connectivity index is 2.01. The lowest BCUT2D eigenvalue weighted by molar-refractivity contribution is 0.0956. The number of furan rings is 1. The lowest BCUT2D eigenvalue weighted by Crippen LogP contribution is -2.22. The first-order chi connectivity index (χ1) is 9.25. The average Bonchev–Trinajstić information content (AvgIpc) is 2.90. The molecule has 19 heavy (non-hydrogen) atoms. The number of carbonyl (C=O) groups excluding carboxylic acids is 2. The van der Waals surface area contributed by atoms with Gasteiger partial charge in [0, 0.05) is 17.7 Å². The van der Waals surface area contributed by atoms with Gasteiger partial charge in [-0.2, -0.15) is 0 Å². The van der Waals surface area contributed by atoms with Crippen molar-refractivity contribution >= 4 is 11.7 Å². The van der Waals surface area contributed by atoms with Crippen LogP contribution in [0.5, 0.6) is 0 Å². The molecule has 0 fully saturated rings. The highest BCUT2D eigenvalue weighted by molar-refractivity contribution is 6.08. The molecule has 4 nitrogen and oxygen atoms in total. The number of hydrogen-bond donors (Lipinski definition) is 1. The minimum atomic E-state index is -0.204. The van der Waals surface area contributed by atoms with Crippen molar-refractivity contribution in [3.8, 4) is 0 Å². The van der Waals surface area contributed by atoms with E-state index >= 15 is 0 Å². The van der Waals surface area contributed by atoms with Gasteiger partial charge < -0.3 is 9.73 Å². The van der Waals surface area contributed by atoms with E-state index in [1.54, 1.807) is 24.3 Å². The van der Waals surface area contributed by atoms with E-state index < -0.39 is 0 Å². The lowest BCUT2D eigenvalue weighted by Gasteiger charge is -2.06. The molecule has 2 aromatic rings. The second-order valence-electron chi connectivity index (χ2n) is 4.54. The monoisotopic (exact) mass is 255 g/mol. The molecule has 2 heterocycles. The number of rotatable bonds is 2. The molecule has 0 aliphatic carbocycles. The number of benzene rings is 1. The van der Waals surface area contributed by atoms with Crippen LogP contribution in [0.3, 0.4) is 0 Å². The smallest absolute Gasteiger partial charge is 0.251 e. The van der Waals surface area contributed by atoms with E-state index in [9.17, 15) is 9.59 Å². The quantitative estimate of drug-likeness (QED) is 0.837. The van der Waals surface area contributed by atoms with Crippen LogP contribution in [0.4, 0.5) is 0 Å². The Labute approximate surface area is 110 Å². The van der Waals surface area contributed by atoms with Crippen molar-refractivity contribution in [2.45, 2.75) is 12.8 Å². The molecule has 0 saturated carbocycles. The fourth-order valence-corrected chi connectivity index (χ4v) is 2.27. The first-order valence-electron chi connectivity index (χ1n) is 6.25. The second kappa shape index (κ2) is 4.72. The van der Waals surface area contributed by atoms with Gasteiger partial charge in [0.25, 0.3) is 5.91 Å². The van der Waals surface area contributed by atoms with E-state index in [1.807, 2.05) is 6.07 Å². The van der Waals surface area contributed by atoms with Gasteiger partial charge in [-0.05, 0) is 36.6 Å². The molecule has 1 aromatic carbocycles. The van der Waals surface area contributed by atoms with Crippen molar-refractivity contribution < 1.29 is 14.0 Å². The van der Waals surface area contributed by atoms with Crippen LogP contribution in [0.1, 0.15) is 38.5 Å². The fourth-order valence-electron chi connectivity index (χ4n) is 2.27. The lowest BCUT2D eigenvalue weighted by atomic mass is 9.98. The van der Waals surface area contributed by atoms with Gasteiger partial charge in [-0.25, -0.2) is 0 Å². The van der Waals surface area contributed by atoms with Crippen molar-refractivity contribution in [1.29, 1.82) is 0 Å². The Kier molecular flexibility index (Phi) is 2.91. The fraction of sp³-hybridized carbons (Fsp3) is 0.200. The summed E-state index contributed by atoms with van der Waals surface area (Å²) < 4.78 is 5.10. The molecule has 0 radical (unpaired) electrons. The molecule has 0 bridgehead atoms. The standard InChI is InChI=1S/C15H13NO3/c17-14(13-4-2-8-19-13)11-6-5-10-3-1-7-16-15(18)12(10)9-11/h2,4-6,8-9H,1,3,7H2,(H,16,18). The molecule has 4 heteroatoms. The highest BCUT2D eigenvalue weighted by atomic mass is 16.3. The molecule has 3 rings (SSSR count). The summed E-state index contributed by atoms with van der Waals surface area (Å²) in [5.41, 5.74) is 2.06. The van der Waals surface area contributed by atoms with Crippen molar-refractivity contribution in [2.24, 2.45) is 0 Å². The van der Waals surface area contributed by atoms with E-state index in [1.165, 1.54) is 6.26 Å². The molecule has 96 valence electrons. The van der Waals surface area contributed by atoms with Crippen molar-refractivity contribution in [1.82, 2.24) is 5.32 Å². The Bertz CT molecular complexity index is 629. The molecule has 0 atom stereocenters. The molecule has 0 saturated heterocycles. The average molecular weight is 255 g/mol. The number of fused-ring (bicyclic) bond motifs is 1. The predicted molar refractivity (Wildman–Crippen MR) is 69.2 cm³/mol. The summed E-state index contributed by atoms with van der Waals surface area (Å²) in [6, 6.07) is 8.55. The number of ketones is 1. The summed E-state index contributed by atoms with van der Waals surface area (Å²) in [6.07, 6.45) is 3.23. The van der Waals surface area contributed by atoms with Crippen LogP contribution in [0, 0.1) is 0 Å². The van der Waals surface area contributed by atoms with Crippen molar-refractivity contribution in [3.05, 3.63) is 59.0 Å². The summed E-state index contributed by atoms with van der Waals surface area (Å²) in [5, 5.41) is 2.83. The SMILES string of the molecule is O=C(c1ccc2c(c1)C(=O)NCCC2)c1ccco1. The third-order valence-corrected chi connectivity index (χ3v) is 3.27. The van der Waals surface area contributed by atoms with Gasteiger partial charge in [0.2, 0.25) is 5.78 Å². The highest BCUT2D eigenvalue weighted by Crippen LogP contribution is 2.19. The third-order valence-electron chi connectivity index (χ3n) is 3.27. The molecule has 0 unspecified atom stereocenters. The Morgan fingerprint density at radius 1 is 1.26 bits per heavy atom. The maximum Gasteiger partial charge on any atom is 0.251 e. The first kappa shape index (κ1) is 11.7. The van der Waals surface area contributed by atoms with E-state index in [0.717, 1.165) is 18.4 Å². The summed E-state index contributed by atoms with van der Waals surface area (Å²) in [4.78, 5) is 24.1. The van der Waals surface area contributed by atoms with Gasteiger partial charge in [0.05, 0.1) is 6.26 Å². The summed E-state index contributed by atoms with van der Waals surface area (Å²) in [7, 11) is 0. The molecular weight excluding hydrogens is 242 g/mol. The summed E-state index contributed by atoms with van der Waals surface area (Å²) in [5.74, 6) is -0.0274. The van der Waals surface area contributed by atoms with Gasteiger partial charge >= 0.3 is 0 Å². The van der Waals surface area contributed by atoms with Crippen LogP contribution in [0.25, 0.3) is 0 Å². The largest absolute Gasteiger partial charge is 0.461 e. The van der Waals surface area contributed by atoms with Gasteiger partial charge in [-0.1, -0.05) is 12.1 Å². The van der Waals surface area contributed by atoms with Crippen LogP contribution in [0.2, 0.25) is 0 Å². The maximum absolute atomic E-state index is 12.2. The minimum absolute atomic E-state index is 0.110. The number of hydrogen-bond acceptors (Lipinski definition) is 3. The van der Waals surface area contributed by atoms with Crippen LogP contribution < -0.4 is 5.32 Å². The number of aryl methyl sites for hydroxylation is 1. The van der Waals surface area contributed by atoms with E-state index in [2.05, 4.69) is 5.32 Å². The zero-order valence-electron chi connectivity index (χ0n) is 10.3. The number of nitrogens with one attached hydrogen (secondary N) is 1. The molecule has 1 amide bonds. The van der Waals surface area contributed by atoms with Gasteiger partial charge in [0.1, 0.15) is 0 Å². The highest BCUT2D eigenvalue weighted by Gasteiger charge is 2.19. The van der Waals surface area contributed by atoms with Gasteiger partial charge in [0.15, 0.2) is 5.76 Å². The normalized spacial score (nSPS) is 14.4. The zero-order chi connectivity index (χ0) is 13.2. The topological polar surface area (TPSA) is 59.3 Å². The van der Waals surface area contributed by atoms with E-state index in [-0.39, 0.29) is 17.5 Å². The predicted octanol–water partition coefficient (Wildman–Crippen LogP) is 2.19. The zero-order valence-corrected chi connectivity index (χ0v) is 10.3. The van der Waals surface area contributed by atoms with Crippen molar-refractivity contribution in [2.75, 3.05) is 6.54 Å². The van der Waals surface area contributed by atoms with E-state index in [4.69, 9.17) is 4.42 Å².